The number of aromatic carboxylic acids is 1. The number of carbonyl (C=O) groups is 3. The van der Waals surface area contributed by atoms with Gasteiger partial charge in [-0.15, -0.1) is 0 Å². The molecular weight excluding hydrogens is 484 g/mol. The molecule has 0 saturated carbocycles. The van der Waals surface area contributed by atoms with E-state index in [-0.39, 0.29) is 17.7 Å². The highest BCUT2D eigenvalue weighted by Gasteiger charge is 2.32. The van der Waals surface area contributed by atoms with Crippen LogP contribution in [0.25, 0.3) is 0 Å². The zero-order chi connectivity index (χ0) is 26.9. The number of carboxylic acids is 1. The summed E-state index contributed by atoms with van der Waals surface area (Å²) in [5.41, 5.74) is 4.10. The Hall–Kier alpha value is -4.58. The summed E-state index contributed by atoms with van der Waals surface area (Å²) in [4.78, 5) is 35.7. The number of aliphatic hydroxyl groups is 1. The lowest BCUT2D eigenvalue weighted by Crippen LogP contribution is -2.45. The van der Waals surface area contributed by atoms with Crippen molar-refractivity contribution in [2.75, 3.05) is 20.3 Å². The molecule has 37 heavy (non-hydrogen) atoms. The number of hydrogen-bond acceptors (Lipinski definition) is 9. The summed E-state index contributed by atoms with van der Waals surface area (Å²) in [7, 11) is 1.26. The SMILES string of the molecule is CCOc1cc([C@@H]2NC(=O)NC(C)=C2C(=O)OC)ccc1OC[C@@H](O)N/N=C/c1ccccc1C(=O)O. The molecule has 1 aliphatic rings. The van der Waals surface area contributed by atoms with Crippen LogP contribution in [0.1, 0.15) is 41.4 Å². The van der Waals surface area contributed by atoms with Crippen molar-refractivity contribution in [3.8, 4) is 11.5 Å². The van der Waals surface area contributed by atoms with E-state index >= 15 is 0 Å². The average molecular weight is 513 g/mol. The van der Waals surface area contributed by atoms with Gasteiger partial charge in [0, 0.05) is 11.3 Å². The fourth-order valence-corrected chi connectivity index (χ4v) is 3.62. The van der Waals surface area contributed by atoms with Gasteiger partial charge in [-0.2, -0.15) is 5.10 Å². The normalized spacial score (nSPS) is 16.0. The van der Waals surface area contributed by atoms with Crippen molar-refractivity contribution in [1.82, 2.24) is 16.1 Å². The van der Waals surface area contributed by atoms with E-state index in [1.54, 1.807) is 50.2 Å². The van der Waals surface area contributed by atoms with E-state index in [1.165, 1.54) is 19.4 Å². The maximum atomic E-state index is 12.3. The number of aliphatic hydroxyl groups excluding tert-OH is 1. The van der Waals surface area contributed by atoms with Crippen LogP contribution in [0.5, 0.6) is 11.5 Å². The number of nitrogens with one attached hydrogen (secondary N) is 3. The van der Waals surface area contributed by atoms with Crippen LogP contribution in [0.3, 0.4) is 0 Å². The highest BCUT2D eigenvalue weighted by atomic mass is 16.5. The Kier molecular flexibility index (Phi) is 9.05. The fraction of sp³-hybridized carbons (Fsp3) is 0.280. The van der Waals surface area contributed by atoms with E-state index in [1.807, 2.05) is 0 Å². The summed E-state index contributed by atoms with van der Waals surface area (Å²) in [5, 5.41) is 28.6. The second-order valence-corrected chi connectivity index (χ2v) is 7.81. The quantitative estimate of drug-likeness (QED) is 0.131. The monoisotopic (exact) mass is 512 g/mol. The Balaban J connectivity index is 1.72. The number of nitrogens with zero attached hydrogens (tertiary/aromatic N) is 1. The van der Waals surface area contributed by atoms with Crippen molar-refractivity contribution in [3.05, 3.63) is 70.4 Å². The molecule has 2 aromatic carbocycles. The van der Waals surface area contributed by atoms with Crippen molar-refractivity contribution in [1.29, 1.82) is 0 Å². The molecule has 0 aromatic heterocycles. The van der Waals surface area contributed by atoms with E-state index in [2.05, 4.69) is 21.2 Å². The van der Waals surface area contributed by atoms with Gasteiger partial charge in [0.2, 0.25) is 0 Å². The Labute approximate surface area is 212 Å². The molecule has 196 valence electrons. The summed E-state index contributed by atoms with van der Waals surface area (Å²) in [6.07, 6.45) is 0.0667. The fourth-order valence-electron chi connectivity index (χ4n) is 3.62. The third-order valence-corrected chi connectivity index (χ3v) is 5.29. The summed E-state index contributed by atoms with van der Waals surface area (Å²) in [6, 6.07) is 9.95. The van der Waals surface area contributed by atoms with Crippen LogP contribution in [-0.4, -0.2) is 60.9 Å². The van der Waals surface area contributed by atoms with E-state index < -0.39 is 30.2 Å². The van der Waals surface area contributed by atoms with Crippen molar-refractivity contribution in [2.24, 2.45) is 5.10 Å². The van der Waals surface area contributed by atoms with Crippen molar-refractivity contribution in [3.63, 3.8) is 0 Å². The van der Waals surface area contributed by atoms with Gasteiger partial charge in [-0.25, -0.2) is 14.4 Å². The Bertz CT molecular complexity index is 1230. The molecule has 0 bridgehead atoms. The number of allylic oxidation sites excluding steroid dienone is 1. The van der Waals surface area contributed by atoms with Crippen LogP contribution in [0.15, 0.2) is 58.8 Å². The molecule has 2 amide bonds. The number of carbonyl (C=O) groups excluding carboxylic acids is 2. The number of ether oxygens (including phenoxy) is 3. The van der Waals surface area contributed by atoms with Gasteiger partial charge in [-0.05, 0) is 37.6 Å². The number of hydrazone groups is 1. The summed E-state index contributed by atoms with van der Waals surface area (Å²) in [5.74, 6) is -1.03. The molecular formula is C25H28N4O8. The first-order valence-electron chi connectivity index (χ1n) is 11.3. The van der Waals surface area contributed by atoms with Crippen LogP contribution < -0.4 is 25.5 Å². The predicted octanol–water partition coefficient (Wildman–Crippen LogP) is 1.91. The van der Waals surface area contributed by atoms with Gasteiger partial charge in [0.25, 0.3) is 0 Å². The molecule has 1 heterocycles. The smallest absolute Gasteiger partial charge is 0.337 e. The second-order valence-electron chi connectivity index (χ2n) is 7.81. The first-order chi connectivity index (χ1) is 17.7. The summed E-state index contributed by atoms with van der Waals surface area (Å²) < 4.78 is 16.2. The molecule has 0 unspecified atom stereocenters. The minimum Gasteiger partial charge on any atom is -0.490 e. The van der Waals surface area contributed by atoms with Crippen LogP contribution in [0.4, 0.5) is 4.79 Å². The highest BCUT2D eigenvalue weighted by molar-refractivity contribution is 5.98. The molecule has 1 aliphatic heterocycles. The highest BCUT2D eigenvalue weighted by Crippen LogP contribution is 2.34. The predicted molar refractivity (Wildman–Crippen MR) is 132 cm³/mol. The Morgan fingerprint density at radius 1 is 1.19 bits per heavy atom. The van der Waals surface area contributed by atoms with Crippen LogP contribution in [-0.2, 0) is 9.53 Å². The lowest BCUT2D eigenvalue weighted by atomic mass is 9.95. The zero-order valence-corrected chi connectivity index (χ0v) is 20.5. The average Bonchev–Trinajstić information content (AvgIpc) is 2.87. The third kappa shape index (κ3) is 6.76. The minimum atomic E-state index is -1.22. The second kappa shape index (κ2) is 12.4. The first-order valence-corrected chi connectivity index (χ1v) is 11.3. The number of methoxy groups -OCH3 is 1. The molecule has 2 atom stereocenters. The molecule has 3 rings (SSSR count). The first kappa shape index (κ1) is 27.0. The third-order valence-electron chi connectivity index (χ3n) is 5.29. The molecule has 0 aliphatic carbocycles. The van der Waals surface area contributed by atoms with Crippen LogP contribution in [0.2, 0.25) is 0 Å². The number of benzene rings is 2. The molecule has 12 heteroatoms. The molecule has 0 spiro atoms. The minimum absolute atomic E-state index is 0.0746. The Morgan fingerprint density at radius 3 is 2.65 bits per heavy atom. The summed E-state index contributed by atoms with van der Waals surface area (Å²) >= 11 is 0. The van der Waals surface area contributed by atoms with Gasteiger partial charge in [0.15, 0.2) is 17.7 Å². The van der Waals surface area contributed by atoms with Gasteiger partial charge in [-0.3, -0.25) is 5.43 Å². The summed E-state index contributed by atoms with van der Waals surface area (Å²) in [6.45, 7) is 3.49. The van der Waals surface area contributed by atoms with E-state index in [9.17, 15) is 24.6 Å². The van der Waals surface area contributed by atoms with E-state index in [0.29, 0.717) is 34.9 Å². The standard InChI is InChI=1S/C25H28N4O8/c1-4-36-19-11-15(22-21(24(33)35-3)14(2)27-25(34)28-22)9-10-18(19)37-13-20(30)29-26-12-16-7-5-6-8-17(16)23(31)32/h5-12,20,22,29-30H,4,13H2,1-3H3,(H,31,32)(H2,27,28,34)/b26-12+/t20-,22+/m1/s1. The van der Waals surface area contributed by atoms with Gasteiger partial charge in [0.1, 0.15) is 6.61 Å². The van der Waals surface area contributed by atoms with Crippen molar-refractivity contribution < 1.29 is 38.8 Å². The number of amides is 2. The lowest BCUT2D eigenvalue weighted by Gasteiger charge is -2.28. The maximum absolute atomic E-state index is 12.3. The molecule has 0 saturated heterocycles. The lowest BCUT2D eigenvalue weighted by molar-refractivity contribution is -0.136. The van der Waals surface area contributed by atoms with E-state index in [4.69, 9.17) is 14.2 Å². The Morgan fingerprint density at radius 2 is 1.95 bits per heavy atom. The molecule has 2 aromatic rings. The number of carboxylic acid groups (broad SMARTS) is 1. The molecule has 12 nitrogen and oxygen atoms in total. The zero-order valence-electron chi connectivity index (χ0n) is 20.5. The maximum Gasteiger partial charge on any atom is 0.337 e. The topological polar surface area (TPSA) is 168 Å². The number of esters is 1. The van der Waals surface area contributed by atoms with Crippen molar-refractivity contribution in [2.45, 2.75) is 26.1 Å². The van der Waals surface area contributed by atoms with Gasteiger partial charge in [-0.1, -0.05) is 24.3 Å². The molecule has 5 N–H and O–H groups in total. The largest absolute Gasteiger partial charge is 0.490 e. The molecule has 0 fully saturated rings. The number of hydrogen-bond donors (Lipinski definition) is 5. The number of rotatable bonds is 11. The van der Waals surface area contributed by atoms with E-state index in [0.717, 1.165) is 0 Å². The van der Waals surface area contributed by atoms with Crippen molar-refractivity contribution >= 4 is 24.2 Å². The van der Waals surface area contributed by atoms with Gasteiger partial charge >= 0.3 is 18.0 Å². The van der Waals surface area contributed by atoms with Crippen LogP contribution in [0, 0.1) is 0 Å². The number of urea groups is 1. The van der Waals surface area contributed by atoms with Gasteiger partial charge in [0.05, 0.1) is 37.1 Å². The molecule has 0 radical (unpaired) electrons. The van der Waals surface area contributed by atoms with Crippen LogP contribution >= 0.6 is 0 Å². The van der Waals surface area contributed by atoms with Gasteiger partial charge < -0.3 is 35.1 Å².